The Morgan fingerprint density at radius 3 is 2.60 bits per heavy atom. The Bertz CT molecular complexity index is 115. The van der Waals surface area contributed by atoms with Gasteiger partial charge in [0, 0.05) is 0 Å². The molecule has 0 aromatic rings. The van der Waals surface area contributed by atoms with E-state index in [9.17, 15) is 0 Å². The summed E-state index contributed by atoms with van der Waals surface area (Å²) in [6, 6.07) is 0. The first-order valence-electron chi connectivity index (χ1n) is 4.86. The summed E-state index contributed by atoms with van der Waals surface area (Å²) in [6.45, 7) is 2.42. The Hall–Kier alpha value is 0. The third kappa shape index (κ3) is 1.36. The highest BCUT2D eigenvalue weighted by Gasteiger charge is 2.36. The molecule has 2 aliphatic carbocycles. The van der Waals surface area contributed by atoms with Gasteiger partial charge in [-0.2, -0.15) is 0 Å². The highest BCUT2D eigenvalue weighted by molar-refractivity contribution is 4.87. The Balaban J connectivity index is 1.83. The van der Waals surface area contributed by atoms with Gasteiger partial charge in [0.2, 0.25) is 0 Å². The van der Waals surface area contributed by atoms with Crippen molar-refractivity contribution >= 4 is 0 Å². The minimum atomic E-state index is 1.03. The summed E-state index contributed by atoms with van der Waals surface area (Å²) in [4.78, 5) is 0. The van der Waals surface area contributed by atoms with E-state index < -0.39 is 0 Å². The average molecular weight is 138 g/mol. The molecule has 0 N–H and O–H groups in total. The van der Waals surface area contributed by atoms with Gasteiger partial charge >= 0.3 is 0 Å². The molecule has 3 unspecified atom stereocenters. The van der Waals surface area contributed by atoms with Gasteiger partial charge in [-0.3, -0.25) is 0 Å². The summed E-state index contributed by atoms with van der Waals surface area (Å²) in [5.74, 6) is 3.37. The number of hydrogen-bond acceptors (Lipinski definition) is 0. The van der Waals surface area contributed by atoms with Crippen LogP contribution in [-0.4, -0.2) is 0 Å². The van der Waals surface area contributed by atoms with Gasteiger partial charge in [0.15, 0.2) is 0 Å². The second kappa shape index (κ2) is 2.56. The van der Waals surface area contributed by atoms with Crippen LogP contribution in [0.2, 0.25) is 0 Å². The fraction of sp³-hybridized carbons (Fsp3) is 1.00. The molecule has 0 amide bonds. The van der Waals surface area contributed by atoms with Gasteiger partial charge in [-0.15, -0.1) is 0 Å². The first-order valence-corrected chi connectivity index (χ1v) is 4.86. The summed E-state index contributed by atoms with van der Waals surface area (Å²) in [6.07, 6.45) is 9.21. The molecule has 0 aliphatic heterocycles. The average Bonchev–Trinajstić information content (AvgIpc) is 2.59. The van der Waals surface area contributed by atoms with E-state index in [0.717, 1.165) is 5.92 Å². The van der Waals surface area contributed by atoms with Crippen LogP contribution in [0.3, 0.4) is 0 Å². The second-order valence-corrected chi connectivity index (χ2v) is 4.37. The summed E-state index contributed by atoms with van der Waals surface area (Å²) < 4.78 is 0. The lowest BCUT2D eigenvalue weighted by molar-refractivity contribution is 0.393. The normalized spacial score (nSPS) is 47.1. The molecule has 0 heteroatoms. The molecular weight excluding hydrogens is 120 g/mol. The quantitative estimate of drug-likeness (QED) is 0.482. The van der Waals surface area contributed by atoms with Crippen LogP contribution in [0.1, 0.15) is 45.4 Å². The van der Waals surface area contributed by atoms with Crippen molar-refractivity contribution in [2.24, 2.45) is 17.8 Å². The molecule has 0 aromatic carbocycles. The number of fused-ring (bicyclic) bond motifs is 1. The van der Waals surface area contributed by atoms with Crippen molar-refractivity contribution < 1.29 is 0 Å². The van der Waals surface area contributed by atoms with Gasteiger partial charge in [0.05, 0.1) is 0 Å². The molecule has 0 saturated heterocycles. The van der Waals surface area contributed by atoms with Gasteiger partial charge < -0.3 is 0 Å². The largest absolute Gasteiger partial charge is 0.0625 e. The zero-order valence-corrected chi connectivity index (χ0v) is 6.97. The van der Waals surface area contributed by atoms with E-state index in [1.54, 1.807) is 19.3 Å². The van der Waals surface area contributed by atoms with E-state index in [0.29, 0.717) is 0 Å². The van der Waals surface area contributed by atoms with Crippen LogP contribution in [0, 0.1) is 17.8 Å². The Morgan fingerprint density at radius 2 is 1.70 bits per heavy atom. The highest BCUT2D eigenvalue weighted by Crippen LogP contribution is 2.47. The molecule has 3 atom stereocenters. The van der Waals surface area contributed by atoms with E-state index in [4.69, 9.17) is 0 Å². The van der Waals surface area contributed by atoms with Crippen molar-refractivity contribution in [3.05, 3.63) is 0 Å². The summed E-state index contributed by atoms with van der Waals surface area (Å²) in [5.41, 5.74) is 0. The first-order chi connectivity index (χ1) is 4.86. The van der Waals surface area contributed by atoms with Crippen LogP contribution in [-0.2, 0) is 0 Å². The standard InChI is InChI=1S/C10H18/c1-8-3-2-4-9-7-10(9)6-5-8/h8-10H,2-7H2,1H3. The van der Waals surface area contributed by atoms with E-state index in [1.807, 2.05) is 0 Å². The van der Waals surface area contributed by atoms with Gasteiger partial charge in [-0.25, -0.2) is 0 Å². The minimum absolute atomic E-state index is 1.03. The Kier molecular flexibility index (Phi) is 1.71. The molecule has 0 bridgehead atoms. The van der Waals surface area contributed by atoms with Crippen molar-refractivity contribution in [2.75, 3.05) is 0 Å². The number of rotatable bonds is 0. The fourth-order valence-electron chi connectivity index (χ4n) is 2.39. The molecule has 0 heterocycles. The van der Waals surface area contributed by atoms with Crippen LogP contribution < -0.4 is 0 Å². The van der Waals surface area contributed by atoms with Gasteiger partial charge in [0.1, 0.15) is 0 Å². The molecule has 2 aliphatic rings. The van der Waals surface area contributed by atoms with Crippen LogP contribution >= 0.6 is 0 Å². The zero-order chi connectivity index (χ0) is 6.97. The highest BCUT2D eigenvalue weighted by atomic mass is 14.4. The predicted molar refractivity (Wildman–Crippen MR) is 43.8 cm³/mol. The summed E-state index contributed by atoms with van der Waals surface area (Å²) >= 11 is 0. The van der Waals surface area contributed by atoms with Gasteiger partial charge in [-0.05, 0) is 30.6 Å². The zero-order valence-electron chi connectivity index (χ0n) is 6.97. The van der Waals surface area contributed by atoms with Crippen molar-refractivity contribution in [3.8, 4) is 0 Å². The van der Waals surface area contributed by atoms with Crippen LogP contribution in [0.25, 0.3) is 0 Å². The lowest BCUT2D eigenvalue weighted by Gasteiger charge is -2.13. The Labute approximate surface area is 64.0 Å². The molecule has 0 radical (unpaired) electrons. The SMILES string of the molecule is CC1CCCC2CC2CC1. The van der Waals surface area contributed by atoms with Crippen LogP contribution in [0.4, 0.5) is 0 Å². The van der Waals surface area contributed by atoms with Crippen molar-refractivity contribution in [1.29, 1.82) is 0 Å². The Morgan fingerprint density at radius 1 is 0.900 bits per heavy atom. The summed E-state index contributed by atoms with van der Waals surface area (Å²) in [5, 5.41) is 0. The molecule has 0 nitrogen and oxygen atoms in total. The molecule has 2 rings (SSSR count). The van der Waals surface area contributed by atoms with E-state index in [-0.39, 0.29) is 0 Å². The van der Waals surface area contributed by atoms with Crippen molar-refractivity contribution in [2.45, 2.75) is 45.4 Å². The summed E-state index contributed by atoms with van der Waals surface area (Å²) in [7, 11) is 0. The molecule has 2 fully saturated rings. The minimum Gasteiger partial charge on any atom is -0.0625 e. The van der Waals surface area contributed by atoms with Gasteiger partial charge in [-0.1, -0.05) is 32.6 Å². The van der Waals surface area contributed by atoms with E-state index in [2.05, 4.69) is 6.92 Å². The maximum atomic E-state index is 2.42. The maximum Gasteiger partial charge on any atom is -0.0383 e. The van der Waals surface area contributed by atoms with Crippen molar-refractivity contribution in [3.63, 3.8) is 0 Å². The van der Waals surface area contributed by atoms with Crippen molar-refractivity contribution in [1.82, 2.24) is 0 Å². The van der Waals surface area contributed by atoms with Gasteiger partial charge in [0.25, 0.3) is 0 Å². The van der Waals surface area contributed by atoms with E-state index >= 15 is 0 Å². The second-order valence-electron chi connectivity index (χ2n) is 4.37. The smallest absolute Gasteiger partial charge is 0.0383 e. The lowest BCUT2D eigenvalue weighted by Crippen LogP contribution is -2.00. The first kappa shape index (κ1) is 6.69. The van der Waals surface area contributed by atoms with Crippen LogP contribution in [0.5, 0.6) is 0 Å². The third-order valence-electron chi connectivity index (χ3n) is 3.37. The van der Waals surface area contributed by atoms with E-state index in [1.165, 1.54) is 31.1 Å². The predicted octanol–water partition coefficient (Wildman–Crippen LogP) is 3.22. The molecule has 0 spiro atoms. The molecule has 0 aromatic heterocycles. The maximum absolute atomic E-state index is 2.42. The topological polar surface area (TPSA) is 0 Å². The molecular formula is C10H18. The molecule has 2 saturated carbocycles. The van der Waals surface area contributed by atoms with Crippen LogP contribution in [0.15, 0.2) is 0 Å². The molecule has 58 valence electrons. The monoisotopic (exact) mass is 138 g/mol. The number of hydrogen-bond donors (Lipinski definition) is 0. The molecule has 10 heavy (non-hydrogen) atoms. The lowest BCUT2D eigenvalue weighted by atomic mass is 9.93. The third-order valence-corrected chi connectivity index (χ3v) is 3.37. The fourth-order valence-corrected chi connectivity index (χ4v) is 2.39.